The van der Waals surface area contributed by atoms with Crippen LogP contribution in [0.1, 0.15) is 36.9 Å². The number of piperidine rings is 1. The number of hydrogen-bond acceptors (Lipinski definition) is 4. The largest absolute Gasteiger partial charge is 0.496 e. The molecule has 1 aliphatic rings. The van der Waals surface area contributed by atoms with E-state index in [1.54, 1.807) is 7.11 Å². The number of rotatable bonds is 7. The molecule has 0 aromatic heterocycles. The van der Waals surface area contributed by atoms with Crippen LogP contribution in [0.5, 0.6) is 5.75 Å². The first-order valence-electron chi connectivity index (χ1n) is 9.24. The average Bonchev–Trinajstić information content (AvgIpc) is 2.68. The van der Waals surface area contributed by atoms with Crippen molar-refractivity contribution in [1.29, 1.82) is 0 Å². The molecular formula is C21H29N3O. The van der Waals surface area contributed by atoms with Gasteiger partial charge in [-0.05, 0) is 50.1 Å². The van der Waals surface area contributed by atoms with E-state index in [1.807, 2.05) is 12.1 Å². The highest BCUT2D eigenvalue weighted by molar-refractivity contribution is 5.45. The summed E-state index contributed by atoms with van der Waals surface area (Å²) < 4.78 is 5.47. The lowest BCUT2D eigenvalue weighted by molar-refractivity contribution is 0.303. The van der Waals surface area contributed by atoms with E-state index in [0.717, 1.165) is 25.4 Å². The lowest BCUT2D eigenvalue weighted by atomic mass is 9.92. The summed E-state index contributed by atoms with van der Waals surface area (Å²) in [6.45, 7) is 4.97. The molecular weight excluding hydrogens is 310 g/mol. The first-order valence-corrected chi connectivity index (χ1v) is 9.24. The lowest BCUT2D eigenvalue weighted by Crippen LogP contribution is -2.45. The van der Waals surface area contributed by atoms with Gasteiger partial charge in [-0.25, -0.2) is 0 Å². The van der Waals surface area contributed by atoms with Crippen molar-refractivity contribution in [1.82, 2.24) is 10.6 Å². The van der Waals surface area contributed by atoms with Crippen LogP contribution < -0.4 is 20.7 Å². The molecule has 1 saturated heterocycles. The fourth-order valence-electron chi connectivity index (χ4n) is 3.56. The summed E-state index contributed by atoms with van der Waals surface area (Å²) in [6, 6.07) is 17.8. The lowest BCUT2D eigenvalue weighted by Gasteiger charge is -2.34. The smallest absolute Gasteiger partial charge is 0.123 e. The summed E-state index contributed by atoms with van der Waals surface area (Å²) in [5.74, 6) is 0.949. The Balaban J connectivity index is 1.68. The first-order chi connectivity index (χ1) is 12.3. The molecule has 2 aromatic rings. The zero-order chi connectivity index (χ0) is 17.5. The van der Waals surface area contributed by atoms with Gasteiger partial charge in [-0.2, -0.15) is 0 Å². The van der Waals surface area contributed by atoms with Crippen molar-refractivity contribution in [2.45, 2.75) is 38.4 Å². The zero-order valence-corrected chi connectivity index (χ0v) is 15.2. The maximum absolute atomic E-state index is 5.47. The molecule has 0 radical (unpaired) electrons. The van der Waals surface area contributed by atoms with Gasteiger partial charge in [0.05, 0.1) is 7.11 Å². The Morgan fingerprint density at radius 1 is 1.12 bits per heavy atom. The van der Waals surface area contributed by atoms with Crippen molar-refractivity contribution in [2.24, 2.45) is 0 Å². The minimum atomic E-state index is 0.346. The van der Waals surface area contributed by atoms with Gasteiger partial charge in [-0.3, -0.25) is 0 Å². The normalized spacial score (nSPS) is 20.2. The molecule has 1 heterocycles. The second kappa shape index (κ2) is 8.88. The minimum absolute atomic E-state index is 0.346. The second-order valence-electron chi connectivity index (χ2n) is 6.53. The third-order valence-corrected chi connectivity index (χ3v) is 4.86. The molecule has 0 amide bonds. The van der Waals surface area contributed by atoms with Crippen LogP contribution in [0, 0.1) is 0 Å². The predicted molar refractivity (Wildman–Crippen MR) is 104 cm³/mol. The van der Waals surface area contributed by atoms with Crippen molar-refractivity contribution < 1.29 is 4.74 Å². The molecule has 25 heavy (non-hydrogen) atoms. The van der Waals surface area contributed by atoms with Crippen LogP contribution in [0.25, 0.3) is 0 Å². The van der Waals surface area contributed by atoms with Crippen LogP contribution in [-0.4, -0.2) is 26.2 Å². The number of benzene rings is 2. The van der Waals surface area contributed by atoms with Crippen LogP contribution in [0.2, 0.25) is 0 Å². The minimum Gasteiger partial charge on any atom is -0.496 e. The van der Waals surface area contributed by atoms with E-state index in [1.165, 1.54) is 29.7 Å². The molecule has 0 saturated carbocycles. The quantitative estimate of drug-likeness (QED) is 0.720. The first kappa shape index (κ1) is 17.8. The second-order valence-corrected chi connectivity index (χ2v) is 6.53. The molecule has 0 spiro atoms. The predicted octanol–water partition coefficient (Wildman–Crippen LogP) is 3.71. The molecule has 2 atom stereocenters. The Kier molecular flexibility index (Phi) is 6.31. The van der Waals surface area contributed by atoms with Crippen LogP contribution in [0.3, 0.4) is 0 Å². The number of para-hydroxylation sites is 1. The van der Waals surface area contributed by atoms with E-state index in [4.69, 9.17) is 4.74 Å². The van der Waals surface area contributed by atoms with Gasteiger partial charge in [0.25, 0.3) is 0 Å². The summed E-state index contributed by atoms with van der Waals surface area (Å²) in [4.78, 5) is 0. The van der Waals surface area contributed by atoms with Gasteiger partial charge in [0.2, 0.25) is 0 Å². The third kappa shape index (κ3) is 4.53. The van der Waals surface area contributed by atoms with E-state index < -0.39 is 0 Å². The number of hydrogen-bond donors (Lipinski definition) is 3. The molecule has 3 N–H and O–H groups in total. The highest BCUT2D eigenvalue weighted by atomic mass is 16.5. The van der Waals surface area contributed by atoms with Crippen LogP contribution in [-0.2, 0) is 6.54 Å². The summed E-state index contributed by atoms with van der Waals surface area (Å²) in [6.07, 6.45) is 2.39. The van der Waals surface area contributed by atoms with Crippen molar-refractivity contribution >= 4 is 5.69 Å². The highest BCUT2D eigenvalue weighted by Crippen LogP contribution is 2.26. The Hall–Kier alpha value is -2.04. The highest BCUT2D eigenvalue weighted by Gasteiger charge is 2.25. The van der Waals surface area contributed by atoms with Gasteiger partial charge >= 0.3 is 0 Å². The van der Waals surface area contributed by atoms with Crippen molar-refractivity contribution in [3.05, 3.63) is 59.7 Å². The standard InChI is InChI=1S/C21H29N3O/c1-3-22-18-12-10-16(11-13-18)21-19(8-6-14-23-21)24-15-17-7-4-5-9-20(17)25-2/h4-5,7,9-13,19,21-24H,3,6,8,14-15H2,1-2H3/t19-,21-/m0/s1. The van der Waals surface area contributed by atoms with Gasteiger partial charge in [-0.1, -0.05) is 30.3 Å². The molecule has 2 aromatic carbocycles. The van der Waals surface area contributed by atoms with Crippen molar-refractivity contribution in [2.75, 3.05) is 25.5 Å². The summed E-state index contributed by atoms with van der Waals surface area (Å²) >= 11 is 0. The Bertz CT molecular complexity index is 656. The summed E-state index contributed by atoms with van der Waals surface area (Å²) in [5, 5.41) is 10.8. The topological polar surface area (TPSA) is 45.3 Å². The molecule has 1 aliphatic heterocycles. The van der Waals surface area contributed by atoms with Gasteiger partial charge in [0.1, 0.15) is 5.75 Å². The van der Waals surface area contributed by atoms with Crippen LogP contribution >= 0.6 is 0 Å². The molecule has 0 unspecified atom stereocenters. The summed E-state index contributed by atoms with van der Waals surface area (Å²) in [5.41, 5.74) is 3.73. The SMILES string of the molecule is CCNc1ccc([C@@H]2NCCC[C@@H]2NCc2ccccc2OC)cc1. The molecule has 0 bridgehead atoms. The van der Waals surface area contributed by atoms with Crippen molar-refractivity contribution in [3.8, 4) is 5.75 Å². The Morgan fingerprint density at radius 2 is 1.92 bits per heavy atom. The van der Waals surface area contributed by atoms with E-state index >= 15 is 0 Å². The molecule has 4 heteroatoms. The summed E-state index contributed by atoms with van der Waals surface area (Å²) in [7, 11) is 1.73. The third-order valence-electron chi connectivity index (χ3n) is 4.86. The fourth-order valence-corrected chi connectivity index (χ4v) is 3.56. The van der Waals surface area contributed by atoms with Crippen LogP contribution in [0.4, 0.5) is 5.69 Å². The monoisotopic (exact) mass is 339 g/mol. The number of methoxy groups -OCH3 is 1. The maximum Gasteiger partial charge on any atom is 0.123 e. The molecule has 1 fully saturated rings. The maximum atomic E-state index is 5.47. The number of anilines is 1. The van der Waals surface area contributed by atoms with E-state index in [-0.39, 0.29) is 0 Å². The van der Waals surface area contributed by atoms with Crippen molar-refractivity contribution in [3.63, 3.8) is 0 Å². The van der Waals surface area contributed by atoms with Gasteiger partial charge < -0.3 is 20.7 Å². The van der Waals surface area contributed by atoms with Gasteiger partial charge in [0, 0.05) is 36.4 Å². The van der Waals surface area contributed by atoms with Gasteiger partial charge in [-0.15, -0.1) is 0 Å². The van der Waals surface area contributed by atoms with Crippen LogP contribution in [0.15, 0.2) is 48.5 Å². The zero-order valence-electron chi connectivity index (χ0n) is 15.2. The van der Waals surface area contributed by atoms with E-state index in [2.05, 4.69) is 59.3 Å². The molecule has 3 rings (SSSR count). The van der Waals surface area contributed by atoms with Gasteiger partial charge in [0.15, 0.2) is 0 Å². The number of nitrogens with one attached hydrogen (secondary N) is 3. The Labute approximate surface area is 151 Å². The Morgan fingerprint density at radius 3 is 2.68 bits per heavy atom. The average molecular weight is 339 g/mol. The van der Waals surface area contributed by atoms with E-state index in [0.29, 0.717) is 12.1 Å². The fraction of sp³-hybridized carbons (Fsp3) is 0.429. The molecule has 4 nitrogen and oxygen atoms in total. The molecule has 0 aliphatic carbocycles. The van der Waals surface area contributed by atoms with E-state index in [9.17, 15) is 0 Å². The molecule has 134 valence electrons. The number of ether oxygens (including phenoxy) is 1.